The van der Waals surface area contributed by atoms with E-state index in [2.05, 4.69) is 92.5 Å². The van der Waals surface area contributed by atoms with Crippen LogP contribution < -0.4 is 10.2 Å². The summed E-state index contributed by atoms with van der Waals surface area (Å²) in [5.74, 6) is 1.43. The van der Waals surface area contributed by atoms with Gasteiger partial charge in [0.05, 0.1) is 10.9 Å². The highest BCUT2D eigenvalue weighted by atomic mass is 15.2. The number of nitrogens with zero attached hydrogens (tertiary/aromatic N) is 5. The van der Waals surface area contributed by atoms with Crippen molar-refractivity contribution in [1.29, 1.82) is 0 Å². The van der Waals surface area contributed by atoms with E-state index >= 15 is 0 Å². The van der Waals surface area contributed by atoms with Crippen molar-refractivity contribution in [2.24, 2.45) is 0 Å². The number of fused-ring (bicyclic) bond motifs is 2. The molecule has 0 bridgehead atoms. The average Bonchev–Trinajstić information content (AvgIpc) is 3.47. The Bertz CT molecular complexity index is 1370. The SMILES string of the molecule is CN1CCN(c2ccc(Nc3nc(-n4ccc5ccccc54)c4cc[nH]c4n3)cc2)CC1. The highest BCUT2D eigenvalue weighted by Gasteiger charge is 2.15. The van der Waals surface area contributed by atoms with Crippen LogP contribution in [0.25, 0.3) is 27.8 Å². The molecule has 1 aliphatic rings. The lowest BCUT2D eigenvalue weighted by Gasteiger charge is -2.34. The van der Waals surface area contributed by atoms with Gasteiger partial charge < -0.3 is 24.7 Å². The molecule has 6 rings (SSSR count). The monoisotopic (exact) mass is 423 g/mol. The van der Waals surface area contributed by atoms with E-state index in [9.17, 15) is 0 Å². The second-order valence-electron chi connectivity index (χ2n) is 8.32. The molecule has 0 aliphatic carbocycles. The number of H-pyrrole nitrogens is 1. The van der Waals surface area contributed by atoms with Gasteiger partial charge in [-0.05, 0) is 54.9 Å². The molecule has 0 amide bonds. The van der Waals surface area contributed by atoms with E-state index in [4.69, 9.17) is 9.97 Å². The van der Waals surface area contributed by atoms with Gasteiger partial charge in [-0.1, -0.05) is 18.2 Å². The topological polar surface area (TPSA) is 65.0 Å². The minimum absolute atomic E-state index is 0.570. The van der Waals surface area contributed by atoms with E-state index in [0.29, 0.717) is 5.95 Å². The van der Waals surface area contributed by atoms with Gasteiger partial charge in [0.1, 0.15) is 5.65 Å². The third kappa shape index (κ3) is 3.36. The summed E-state index contributed by atoms with van der Waals surface area (Å²) in [6.45, 7) is 4.32. The first-order valence-corrected chi connectivity index (χ1v) is 11.0. The fraction of sp³-hybridized carbons (Fsp3) is 0.200. The number of anilines is 3. The van der Waals surface area contributed by atoms with Gasteiger partial charge in [-0.2, -0.15) is 9.97 Å². The molecule has 2 N–H and O–H groups in total. The molecule has 3 aromatic heterocycles. The normalized spacial score (nSPS) is 15.0. The summed E-state index contributed by atoms with van der Waals surface area (Å²) in [5, 5.41) is 5.56. The summed E-state index contributed by atoms with van der Waals surface area (Å²) in [4.78, 5) is 17.6. The molecule has 0 saturated carbocycles. The number of benzene rings is 2. The molecule has 4 heterocycles. The molecule has 2 aromatic carbocycles. The van der Waals surface area contributed by atoms with Crippen molar-refractivity contribution >= 4 is 39.3 Å². The van der Waals surface area contributed by atoms with Gasteiger partial charge in [-0.15, -0.1) is 0 Å². The van der Waals surface area contributed by atoms with Gasteiger partial charge in [0.15, 0.2) is 5.82 Å². The van der Waals surface area contributed by atoms with Gasteiger partial charge in [0.2, 0.25) is 5.95 Å². The minimum atomic E-state index is 0.570. The standard InChI is InChI=1S/C25H25N7/c1-30-14-16-31(17-15-30)20-8-6-19(7-9-20)27-25-28-23-21(10-12-26-23)24(29-25)32-13-11-18-4-2-3-5-22(18)32/h2-13H,14-17H2,1H3,(H2,26,27,28,29). The molecule has 1 aliphatic heterocycles. The molecule has 0 radical (unpaired) electrons. The molecule has 5 aromatic rings. The Kier molecular flexibility index (Phi) is 4.54. The number of aromatic nitrogens is 4. The number of hydrogen-bond donors (Lipinski definition) is 2. The molecule has 160 valence electrons. The van der Waals surface area contributed by atoms with Crippen molar-refractivity contribution in [2.75, 3.05) is 43.4 Å². The summed E-state index contributed by atoms with van der Waals surface area (Å²) in [5.41, 5.74) is 4.15. The number of para-hydroxylation sites is 1. The zero-order valence-electron chi connectivity index (χ0n) is 18.0. The van der Waals surface area contributed by atoms with E-state index in [1.54, 1.807) is 0 Å². The third-order valence-corrected chi connectivity index (χ3v) is 6.22. The molecule has 7 heteroatoms. The zero-order chi connectivity index (χ0) is 21.5. The quantitative estimate of drug-likeness (QED) is 0.449. The summed E-state index contributed by atoms with van der Waals surface area (Å²) < 4.78 is 2.12. The van der Waals surface area contributed by atoms with Crippen molar-refractivity contribution in [2.45, 2.75) is 0 Å². The first-order chi connectivity index (χ1) is 15.7. The van der Waals surface area contributed by atoms with Gasteiger partial charge in [-0.25, -0.2) is 0 Å². The lowest BCUT2D eigenvalue weighted by Crippen LogP contribution is -2.44. The lowest BCUT2D eigenvalue weighted by atomic mass is 10.2. The number of rotatable bonds is 4. The molecule has 0 unspecified atom stereocenters. The number of nitrogens with one attached hydrogen (secondary N) is 2. The first-order valence-electron chi connectivity index (χ1n) is 11.0. The molecule has 0 spiro atoms. The van der Waals surface area contributed by atoms with Crippen LogP contribution in [0.5, 0.6) is 0 Å². The van der Waals surface area contributed by atoms with Gasteiger partial charge in [-0.3, -0.25) is 0 Å². The number of aromatic amines is 1. The molecule has 0 atom stereocenters. The van der Waals surface area contributed by atoms with Crippen molar-refractivity contribution in [3.63, 3.8) is 0 Å². The first kappa shape index (κ1) is 18.9. The fourth-order valence-corrected chi connectivity index (χ4v) is 4.38. The largest absolute Gasteiger partial charge is 0.369 e. The summed E-state index contributed by atoms with van der Waals surface area (Å²) >= 11 is 0. The Morgan fingerprint density at radius 3 is 2.53 bits per heavy atom. The van der Waals surface area contributed by atoms with Gasteiger partial charge in [0.25, 0.3) is 0 Å². The van der Waals surface area contributed by atoms with Crippen molar-refractivity contribution in [1.82, 2.24) is 24.4 Å². The summed E-state index contributed by atoms with van der Waals surface area (Å²) in [6, 6.07) is 21.0. The number of piperazine rings is 1. The maximum absolute atomic E-state index is 4.89. The zero-order valence-corrected chi connectivity index (χ0v) is 18.0. The third-order valence-electron chi connectivity index (χ3n) is 6.22. The van der Waals surface area contributed by atoms with Crippen LogP contribution in [-0.2, 0) is 0 Å². The maximum atomic E-state index is 4.89. The van der Waals surface area contributed by atoms with Crippen LogP contribution in [0.4, 0.5) is 17.3 Å². The Morgan fingerprint density at radius 2 is 1.69 bits per heavy atom. The van der Waals surface area contributed by atoms with E-state index in [1.165, 1.54) is 11.1 Å². The highest BCUT2D eigenvalue weighted by molar-refractivity contribution is 5.89. The van der Waals surface area contributed by atoms with Crippen LogP contribution in [0.1, 0.15) is 0 Å². The molecule has 1 fully saturated rings. The van der Waals surface area contributed by atoms with E-state index in [0.717, 1.165) is 54.2 Å². The van der Waals surface area contributed by atoms with Crippen LogP contribution in [-0.4, -0.2) is 57.6 Å². The predicted molar refractivity (Wildman–Crippen MR) is 130 cm³/mol. The van der Waals surface area contributed by atoms with Crippen LogP contribution in [0.15, 0.2) is 73.1 Å². The molecule has 1 saturated heterocycles. The Morgan fingerprint density at radius 1 is 0.875 bits per heavy atom. The van der Waals surface area contributed by atoms with Crippen LogP contribution in [0, 0.1) is 0 Å². The second kappa shape index (κ2) is 7.69. The van der Waals surface area contributed by atoms with Crippen LogP contribution >= 0.6 is 0 Å². The second-order valence-corrected chi connectivity index (χ2v) is 8.32. The smallest absolute Gasteiger partial charge is 0.231 e. The van der Waals surface area contributed by atoms with Crippen molar-refractivity contribution < 1.29 is 0 Å². The van der Waals surface area contributed by atoms with Crippen LogP contribution in [0.2, 0.25) is 0 Å². The Balaban J connectivity index is 1.32. The molecule has 32 heavy (non-hydrogen) atoms. The fourth-order valence-electron chi connectivity index (χ4n) is 4.38. The number of likely N-dealkylation sites (N-methyl/N-ethyl adjacent to an activating group) is 1. The molecule has 7 nitrogen and oxygen atoms in total. The van der Waals surface area contributed by atoms with Gasteiger partial charge in [0, 0.05) is 49.9 Å². The van der Waals surface area contributed by atoms with E-state index in [-0.39, 0.29) is 0 Å². The van der Waals surface area contributed by atoms with E-state index in [1.807, 2.05) is 12.3 Å². The van der Waals surface area contributed by atoms with Gasteiger partial charge >= 0.3 is 0 Å². The van der Waals surface area contributed by atoms with Crippen molar-refractivity contribution in [3.05, 3.63) is 73.1 Å². The lowest BCUT2D eigenvalue weighted by molar-refractivity contribution is 0.313. The highest BCUT2D eigenvalue weighted by Crippen LogP contribution is 2.27. The predicted octanol–water partition coefficient (Wildman–Crippen LogP) is 4.40. The molecular weight excluding hydrogens is 398 g/mol. The average molecular weight is 424 g/mol. The van der Waals surface area contributed by atoms with E-state index < -0.39 is 0 Å². The Hall–Kier alpha value is -3.84. The van der Waals surface area contributed by atoms with Crippen molar-refractivity contribution in [3.8, 4) is 5.82 Å². The summed E-state index contributed by atoms with van der Waals surface area (Å²) in [7, 11) is 2.18. The Labute approximate surface area is 186 Å². The number of hydrogen-bond acceptors (Lipinski definition) is 5. The summed E-state index contributed by atoms with van der Waals surface area (Å²) in [6.07, 6.45) is 3.97. The van der Waals surface area contributed by atoms with Crippen LogP contribution in [0.3, 0.4) is 0 Å². The minimum Gasteiger partial charge on any atom is -0.369 e. The molecular formula is C25H25N7. The maximum Gasteiger partial charge on any atom is 0.231 e.